The van der Waals surface area contributed by atoms with Gasteiger partial charge in [-0.2, -0.15) is 0 Å². The van der Waals surface area contributed by atoms with E-state index in [2.05, 4.69) is 0 Å². The molecule has 1 aliphatic rings. The van der Waals surface area contributed by atoms with E-state index >= 15 is 0 Å². The maximum atomic E-state index is 6.22. The highest BCUT2D eigenvalue weighted by atomic mass is 35.5. The van der Waals surface area contributed by atoms with Crippen molar-refractivity contribution in [1.82, 2.24) is 0 Å². The summed E-state index contributed by atoms with van der Waals surface area (Å²) < 4.78 is 0. The molecule has 0 amide bonds. The van der Waals surface area contributed by atoms with Crippen LogP contribution >= 0.6 is 35.0 Å². The monoisotopic (exact) mass is 289 g/mol. The lowest BCUT2D eigenvalue weighted by Gasteiger charge is -2.18. The minimum absolute atomic E-state index is 0.292. The highest BCUT2D eigenvalue weighted by molar-refractivity contribution is 7.99. The molecule has 1 saturated carbocycles. The number of hydrogen-bond donors (Lipinski definition) is 1. The van der Waals surface area contributed by atoms with Crippen molar-refractivity contribution in [3.8, 4) is 0 Å². The summed E-state index contributed by atoms with van der Waals surface area (Å²) in [6.45, 7) is 0. The SMILES string of the molecule is NC(CSc1cc(Cl)cc(Cl)c1)C1CCCC1. The first kappa shape index (κ1) is 13.5. The molecule has 0 aromatic heterocycles. The lowest BCUT2D eigenvalue weighted by atomic mass is 10.0. The summed E-state index contributed by atoms with van der Waals surface area (Å²) in [5, 5.41) is 1.38. The highest BCUT2D eigenvalue weighted by Gasteiger charge is 2.21. The second-order valence-electron chi connectivity index (χ2n) is 4.62. The van der Waals surface area contributed by atoms with Crippen LogP contribution in [0.4, 0.5) is 0 Å². The molecule has 1 unspecified atom stereocenters. The van der Waals surface area contributed by atoms with Crippen LogP contribution in [0.3, 0.4) is 0 Å². The minimum atomic E-state index is 0.292. The molecule has 2 N–H and O–H groups in total. The lowest BCUT2D eigenvalue weighted by Crippen LogP contribution is -2.30. The largest absolute Gasteiger partial charge is 0.327 e. The topological polar surface area (TPSA) is 26.0 Å². The average molecular weight is 290 g/mol. The van der Waals surface area contributed by atoms with E-state index in [9.17, 15) is 0 Å². The molecular weight excluding hydrogens is 273 g/mol. The van der Waals surface area contributed by atoms with E-state index in [1.807, 2.05) is 12.1 Å². The van der Waals surface area contributed by atoms with Crippen molar-refractivity contribution in [3.05, 3.63) is 28.2 Å². The fourth-order valence-electron chi connectivity index (χ4n) is 2.33. The number of rotatable bonds is 4. The summed E-state index contributed by atoms with van der Waals surface area (Å²) >= 11 is 13.7. The Morgan fingerprint density at radius 1 is 1.18 bits per heavy atom. The van der Waals surface area contributed by atoms with Crippen LogP contribution in [-0.4, -0.2) is 11.8 Å². The number of halogens is 2. The van der Waals surface area contributed by atoms with Crippen molar-refractivity contribution in [3.63, 3.8) is 0 Å². The summed E-state index contributed by atoms with van der Waals surface area (Å²) in [4.78, 5) is 1.11. The number of nitrogens with two attached hydrogens (primary N) is 1. The van der Waals surface area contributed by atoms with E-state index in [0.29, 0.717) is 22.0 Å². The van der Waals surface area contributed by atoms with Gasteiger partial charge in [0.25, 0.3) is 0 Å². The van der Waals surface area contributed by atoms with Crippen LogP contribution in [0.1, 0.15) is 25.7 Å². The molecule has 2 rings (SSSR count). The van der Waals surface area contributed by atoms with Crippen molar-refractivity contribution >= 4 is 35.0 Å². The number of benzene rings is 1. The predicted octanol–water partition coefficient (Wildman–Crippen LogP) is 4.60. The smallest absolute Gasteiger partial charge is 0.0431 e. The van der Waals surface area contributed by atoms with Crippen LogP contribution in [0, 0.1) is 5.92 Å². The zero-order valence-electron chi connectivity index (χ0n) is 9.66. The molecule has 0 heterocycles. The molecule has 4 heteroatoms. The van der Waals surface area contributed by atoms with Gasteiger partial charge in [0.1, 0.15) is 0 Å². The zero-order chi connectivity index (χ0) is 12.3. The Bertz CT molecular complexity index is 357. The van der Waals surface area contributed by atoms with Crippen LogP contribution in [0.25, 0.3) is 0 Å². The molecule has 1 atom stereocenters. The third kappa shape index (κ3) is 4.06. The van der Waals surface area contributed by atoms with E-state index in [1.54, 1.807) is 17.8 Å². The Kier molecular flexibility index (Phi) is 5.04. The van der Waals surface area contributed by atoms with E-state index in [4.69, 9.17) is 28.9 Å². The molecule has 0 radical (unpaired) electrons. The third-order valence-corrected chi connectivity index (χ3v) is 4.84. The van der Waals surface area contributed by atoms with E-state index < -0.39 is 0 Å². The Morgan fingerprint density at radius 2 is 1.76 bits per heavy atom. The molecule has 1 aromatic carbocycles. The first-order valence-electron chi connectivity index (χ1n) is 5.99. The van der Waals surface area contributed by atoms with Gasteiger partial charge in [0, 0.05) is 26.7 Å². The van der Waals surface area contributed by atoms with Crippen molar-refractivity contribution in [2.75, 3.05) is 5.75 Å². The maximum absolute atomic E-state index is 6.22. The summed E-state index contributed by atoms with van der Waals surface area (Å²) in [6, 6.07) is 5.93. The molecule has 1 aliphatic carbocycles. The standard InChI is InChI=1S/C13H17Cl2NS/c14-10-5-11(15)7-12(6-10)17-8-13(16)9-3-1-2-4-9/h5-7,9,13H,1-4,8,16H2. The fourth-order valence-corrected chi connectivity index (χ4v) is 4.06. The van der Waals surface area contributed by atoms with Gasteiger partial charge in [-0.15, -0.1) is 11.8 Å². The molecule has 1 aromatic rings. The van der Waals surface area contributed by atoms with Crippen LogP contribution in [0.15, 0.2) is 23.1 Å². The van der Waals surface area contributed by atoms with Crippen LogP contribution in [-0.2, 0) is 0 Å². The van der Waals surface area contributed by atoms with Crippen molar-refractivity contribution < 1.29 is 0 Å². The van der Waals surface area contributed by atoms with Gasteiger partial charge in [-0.25, -0.2) is 0 Å². The molecule has 0 saturated heterocycles. The molecule has 0 bridgehead atoms. The van der Waals surface area contributed by atoms with Crippen molar-refractivity contribution in [2.45, 2.75) is 36.6 Å². The quantitative estimate of drug-likeness (QED) is 0.820. The summed E-state index contributed by atoms with van der Waals surface area (Å²) in [6.07, 6.45) is 5.26. The number of hydrogen-bond acceptors (Lipinski definition) is 2. The Labute approximate surface area is 117 Å². The molecule has 1 nitrogen and oxygen atoms in total. The third-order valence-electron chi connectivity index (χ3n) is 3.28. The maximum Gasteiger partial charge on any atom is 0.0431 e. The molecule has 1 fully saturated rings. The first-order chi connectivity index (χ1) is 8.15. The molecule has 0 aliphatic heterocycles. The van der Waals surface area contributed by atoms with Gasteiger partial charge in [0.15, 0.2) is 0 Å². The summed E-state index contributed by atoms with van der Waals surface area (Å²) in [7, 11) is 0. The predicted molar refractivity (Wildman–Crippen MR) is 77.1 cm³/mol. The molecule has 17 heavy (non-hydrogen) atoms. The van der Waals surface area contributed by atoms with Crippen LogP contribution in [0.5, 0.6) is 0 Å². The van der Waals surface area contributed by atoms with Gasteiger partial charge < -0.3 is 5.73 Å². The van der Waals surface area contributed by atoms with Gasteiger partial charge in [0.2, 0.25) is 0 Å². The second kappa shape index (κ2) is 6.33. The molecular formula is C13H17Cl2NS. The van der Waals surface area contributed by atoms with Gasteiger partial charge in [0.05, 0.1) is 0 Å². The van der Waals surface area contributed by atoms with Gasteiger partial charge >= 0.3 is 0 Å². The van der Waals surface area contributed by atoms with Crippen molar-refractivity contribution in [1.29, 1.82) is 0 Å². The number of thioether (sulfide) groups is 1. The summed E-state index contributed by atoms with van der Waals surface area (Å²) in [5.74, 6) is 1.65. The van der Waals surface area contributed by atoms with Crippen LogP contribution < -0.4 is 5.73 Å². The Morgan fingerprint density at radius 3 is 2.35 bits per heavy atom. The van der Waals surface area contributed by atoms with Gasteiger partial charge in [-0.05, 0) is 37.0 Å². The fraction of sp³-hybridized carbons (Fsp3) is 0.538. The first-order valence-corrected chi connectivity index (χ1v) is 7.74. The molecule has 94 valence electrons. The van der Waals surface area contributed by atoms with Gasteiger partial charge in [-0.3, -0.25) is 0 Å². The highest BCUT2D eigenvalue weighted by Crippen LogP contribution is 2.31. The minimum Gasteiger partial charge on any atom is -0.327 e. The second-order valence-corrected chi connectivity index (χ2v) is 6.59. The molecule has 0 spiro atoms. The van der Waals surface area contributed by atoms with Crippen LogP contribution in [0.2, 0.25) is 10.0 Å². The van der Waals surface area contributed by atoms with E-state index in [0.717, 1.165) is 10.6 Å². The Hall–Kier alpha value is 0.110. The lowest BCUT2D eigenvalue weighted by molar-refractivity contribution is 0.463. The summed E-state index contributed by atoms with van der Waals surface area (Å²) in [5.41, 5.74) is 6.22. The van der Waals surface area contributed by atoms with E-state index in [-0.39, 0.29) is 0 Å². The Balaban J connectivity index is 1.88. The van der Waals surface area contributed by atoms with Gasteiger partial charge in [-0.1, -0.05) is 36.0 Å². The zero-order valence-corrected chi connectivity index (χ0v) is 12.0. The average Bonchev–Trinajstić information content (AvgIpc) is 2.78. The van der Waals surface area contributed by atoms with Crippen molar-refractivity contribution in [2.24, 2.45) is 11.7 Å². The normalized spacial score (nSPS) is 18.5. The van der Waals surface area contributed by atoms with E-state index in [1.165, 1.54) is 25.7 Å².